The second-order valence-electron chi connectivity index (χ2n) is 3.58. The van der Waals surface area contributed by atoms with Gasteiger partial charge in [-0.05, 0) is 42.0 Å². The lowest BCUT2D eigenvalue weighted by Crippen LogP contribution is -2.17. The number of hydrogen-bond donors (Lipinski definition) is 1. The van der Waals surface area contributed by atoms with Crippen LogP contribution in [0.15, 0.2) is 23.1 Å². The van der Waals surface area contributed by atoms with E-state index in [1.807, 2.05) is 25.1 Å². The van der Waals surface area contributed by atoms with Gasteiger partial charge in [-0.1, -0.05) is 12.1 Å². The lowest BCUT2D eigenvalue weighted by molar-refractivity contribution is -0.115. The second-order valence-corrected chi connectivity index (χ2v) is 4.60. The van der Waals surface area contributed by atoms with Crippen molar-refractivity contribution < 1.29 is 14.3 Å². The molecular formula is C12H11NO3S. The number of ether oxygens (including phenoxy) is 1. The van der Waals surface area contributed by atoms with Gasteiger partial charge in [0.2, 0.25) is 0 Å². The average Bonchev–Trinajstić information content (AvgIpc) is 2.60. The average molecular weight is 249 g/mol. The maximum atomic E-state index is 11.4. The Morgan fingerprint density at radius 1 is 1.35 bits per heavy atom. The van der Waals surface area contributed by atoms with Crippen LogP contribution in [0.25, 0.3) is 6.08 Å². The van der Waals surface area contributed by atoms with E-state index in [1.54, 1.807) is 13.2 Å². The highest BCUT2D eigenvalue weighted by atomic mass is 32.2. The Bertz CT molecular complexity index is 522. The molecule has 0 saturated carbocycles. The highest BCUT2D eigenvalue weighted by Gasteiger charge is 2.24. The molecule has 0 atom stereocenters. The zero-order valence-electron chi connectivity index (χ0n) is 9.44. The number of imide groups is 1. The number of carbonyl (C=O) groups is 2. The van der Waals surface area contributed by atoms with Crippen molar-refractivity contribution in [3.05, 3.63) is 34.2 Å². The van der Waals surface area contributed by atoms with Gasteiger partial charge in [0.05, 0.1) is 12.0 Å². The summed E-state index contributed by atoms with van der Waals surface area (Å²) in [5.41, 5.74) is 1.86. The first-order valence-corrected chi connectivity index (χ1v) is 5.81. The molecule has 1 heterocycles. The van der Waals surface area contributed by atoms with Crippen molar-refractivity contribution in [2.75, 3.05) is 7.11 Å². The number of rotatable bonds is 2. The third kappa shape index (κ3) is 2.50. The van der Waals surface area contributed by atoms with E-state index in [2.05, 4.69) is 5.32 Å². The van der Waals surface area contributed by atoms with Crippen LogP contribution in [0.3, 0.4) is 0 Å². The molecule has 1 aliphatic rings. The maximum Gasteiger partial charge on any atom is 0.290 e. The van der Waals surface area contributed by atoms with E-state index >= 15 is 0 Å². The van der Waals surface area contributed by atoms with Crippen molar-refractivity contribution in [1.82, 2.24) is 5.32 Å². The number of methoxy groups -OCH3 is 1. The van der Waals surface area contributed by atoms with Gasteiger partial charge >= 0.3 is 0 Å². The predicted molar refractivity (Wildman–Crippen MR) is 66.8 cm³/mol. The fourth-order valence-corrected chi connectivity index (χ4v) is 2.18. The van der Waals surface area contributed by atoms with Crippen molar-refractivity contribution >= 4 is 29.0 Å². The third-order valence-electron chi connectivity index (χ3n) is 2.37. The fourth-order valence-electron chi connectivity index (χ4n) is 1.50. The topological polar surface area (TPSA) is 55.4 Å². The summed E-state index contributed by atoms with van der Waals surface area (Å²) in [7, 11) is 1.60. The molecule has 2 amide bonds. The lowest BCUT2D eigenvalue weighted by Gasteiger charge is -2.05. The van der Waals surface area contributed by atoms with Crippen molar-refractivity contribution in [3.63, 3.8) is 0 Å². The number of benzene rings is 1. The summed E-state index contributed by atoms with van der Waals surface area (Å²) in [4.78, 5) is 22.8. The Morgan fingerprint density at radius 3 is 2.71 bits per heavy atom. The monoisotopic (exact) mass is 249 g/mol. The van der Waals surface area contributed by atoms with Crippen LogP contribution in [-0.4, -0.2) is 18.3 Å². The molecule has 1 aliphatic heterocycles. The normalized spacial score (nSPS) is 17.4. The van der Waals surface area contributed by atoms with Gasteiger partial charge in [0, 0.05) is 0 Å². The molecule has 0 radical (unpaired) electrons. The van der Waals surface area contributed by atoms with Crippen LogP contribution in [0, 0.1) is 6.92 Å². The molecule has 1 aromatic rings. The summed E-state index contributed by atoms with van der Waals surface area (Å²) in [5, 5.41) is 1.88. The first-order valence-electron chi connectivity index (χ1n) is 4.99. The summed E-state index contributed by atoms with van der Waals surface area (Å²) < 4.78 is 5.19. The van der Waals surface area contributed by atoms with Gasteiger partial charge in [-0.2, -0.15) is 0 Å². The van der Waals surface area contributed by atoms with Crippen LogP contribution in [-0.2, 0) is 4.79 Å². The number of amides is 2. The Kier molecular flexibility index (Phi) is 3.19. The molecule has 0 bridgehead atoms. The van der Waals surface area contributed by atoms with E-state index in [0.717, 1.165) is 28.6 Å². The summed E-state index contributed by atoms with van der Waals surface area (Å²) in [6, 6.07) is 5.62. The zero-order valence-corrected chi connectivity index (χ0v) is 10.3. The largest absolute Gasteiger partial charge is 0.496 e. The third-order valence-corrected chi connectivity index (χ3v) is 3.18. The lowest BCUT2D eigenvalue weighted by atomic mass is 10.1. The van der Waals surface area contributed by atoms with Crippen molar-refractivity contribution in [3.8, 4) is 5.75 Å². The molecule has 1 aromatic carbocycles. The number of carbonyl (C=O) groups excluding carboxylic acids is 2. The molecule has 0 unspecified atom stereocenters. The van der Waals surface area contributed by atoms with Crippen molar-refractivity contribution in [2.24, 2.45) is 0 Å². The van der Waals surface area contributed by atoms with Gasteiger partial charge in [0.25, 0.3) is 11.1 Å². The van der Waals surface area contributed by atoms with E-state index in [0.29, 0.717) is 4.91 Å². The first kappa shape index (κ1) is 11.7. The Labute approximate surface area is 103 Å². The van der Waals surface area contributed by atoms with Gasteiger partial charge in [-0.25, -0.2) is 0 Å². The Morgan fingerprint density at radius 2 is 2.12 bits per heavy atom. The fraction of sp³-hybridized carbons (Fsp3) is 0.167. The Balaban J connectivity index is 2.33. The van der Waals surface area contributed by atoms with Crippen LogP contribution in [0.2, 0.25) is 0 Å². The quantitative estimate of drug-likeness (QED) is 0.817. The Hall–Kier alpha value is -1.75. The molecule has 5 heteroatoms. The number of hydrogen-bond acceptors (Lipinski definition) is 4. The summed E-state index contributed by atoms with van der Waals surface area (Å²) >= 11 is 0.907. The number of thioether (sulfide) groups is 1. The van der Waals surface area contributed by atoms with E-state index in [1.165, 1.54) is 0 Å². The second kappa shape index (κ2) is 4.63. The minimum Gasteiger partial charge on any atom is -0.496 e. The van der Waals surface area contributed by atoms with Crippen LogP contribution in [0.4, 0.5) is 4.79 Å². The molecule has 88 valence electrons. The molecule has 1 saturated heterocycles. The van der Waals surface area contributed by atoms with E-state index in [4.69, 9.17) is 4.74 Å². The summed E-state index contributed by atoms with van der Waals surface area (Å²) in [6.07, 6.45) is 1.67. The molecular weight excluding hydrogens is 238 g/mol. The number of nitrogens with one attached hydrogen (secondary N) is 1. The van der Waals surface area contributed by atoms with E-state index in [9.17, 15) is 9.59 Å². The standard InChI is InChI=1S/C12H11NO3S/c1-7-3-4-8(5-9(7)16-2)6-10-11(14)13-12(15)17-10/h3-6H,1-2H3,(H,13,14,15). The minimum atomic E-state index is -0.348. The molecule has 0 spiro atoms. The van der Waals surface area contributed by atoms with Crippen LogP contribution in [0.5, 0.6) is 5.75 Å². The molecule has 1 fully saturated rings. The van der Waals surface area contributed by atoms with E-state index < -0.39 is 0 Å². The van der Waals surface area contributed by atoms with Gasteiger partial charge in [0.15, 0.2) is 0 Å². The highest BCUT2D eigenvalue weighted by Crippen LogP contribution is 2.27. The van der Waals surface area contributed by atoms with Crippen LogP contribution >= 0.6 is 11.8 Å². The van der Waals surface area contributed by atoms with Gasteiger partial charge in [0.1, 0.15) is 5.75 Å². The van der Waals surface area contributed by atoms with Gasteiger partial charge in [-0.3, -0.25) is 14.9 Å². The predicted octanol–water partition coefficient (Wildman–Crippen LogP) is 2.33. The molecule has 2 rings (SSSR count). The molecule has 1 N–H and O–H groups in total. The smallest absolute Gasteiger partial charge is 0.290 e. The highest BCUT2D eigenvalue weighted by molar-refractivity contribution is 8.18. The first-order chi connectivity index (χ1) is 8.10. The molecule has 4 nitrogen and oxygen atoms in total. The van der Waals surface area contributed by atoms with Gasteiger partial charge < -0.3 is 4.74 Å². The van der Waals surface area contributed by atoms with Crippen LogP contribution < -0.4 is 10.1 Å². The summed E-state index contributed by atoms with van der Waals surface area (Å²) in [5.74, 6) is 0.411. The maximum absolute atomic E-state index is 11.4. The molecule has 17 heavy (non-hydrogen) atoms. The zero-order chi connectivity index (χ0) is 12.4. The minimum absolute atomic E-state index is 0.333. The SMILES string of the molecule is COc1cc(C=C2SC(=O)NC2=O)ccc1C. The molecule has 0 aromatic heterocycles. The molecule has 0 aliphatic carbocycles. The summed E-state index contributed by atoms with van der Waals surface area (Å²) in [6.45, 7) is 1.94. The number of aryl methyl sites for hydroxylation is 1. The van der Waals surface area contributed by atoms with Crippen LogP contribution in [0.1, 0.15) is 11.1 Å². The van der Waals surface area contributed by atoms with Crippen molar-refractivity contribution in [1.29, 1.82) is 0 Å². The van der Waals surface area contributed by atoms with Crippen molar-refractivity contribution in [2.45, 2.75) is 6.92 Å². The van der Waals surface area contributed by atoms with Gasteiger partial charge in [-0.15, -0.1) is 0 Å². The van der Waals surface area contributed by atoms with E-state index in [-0.39, 0.29) is 11.1 Å².